The zero-order chi connectivity index (χ0) is 9.84. The number of benzene rings is 1. The summed E-state index contributed by atoms with van der Waals surface area (Å²) in [7, 11) is 0. The van der Waals surface area contributed by atoms with Crippen LogP contribution in [0.1, 0.15) is 10.4 Å². The molecular weight excluding hydrogens is 227 g/mol. The van der Waals surface area contributed by atoms with Gasteiger partial charge in [0, 0.05) is 0 Å². The number of carbonyl (C=O) groups is 1. The van der Waals surface area contributed by atoms with Crippen LogP contribution in [0.3, 0.4) is 0 Å². The fourth-order valence-corrected chi connectivity index (χ4v) is 2.46. The van der Waals surface area contributed by atoms with Crippen LogP contribution in [0.15, 0.2) is 24.3 Å². The summed E-state index contributed by atoms with van der Waals surface area (Å²) in [5, 5.41) is 18.7. The van der Waals surface area contributed by atoms with Crippen molar-refractivity contribution >= 4 is 10.1 Å². The minimum atomic E-state index is -1.91. The van der Waals surface area contributed by atoms with Crippen molar-refractivity contribution in [3.63, 3.8) is 0 Å². The Morgan fingerprint density at radius 3 is 2.31 bits per heavy atom. The van der Waals surface area contributed by atoms with Gasteiger partial charge in [-0.3, -0.25) is 0 Å². The Balaban J connectivity index is 2.81. The third-order valence-corrected chi connectivity index (χ3v) is 3.81. The standard InChI is InChI=1S/C7H5O2.NO2.Zn/c8-7(9)6-4-2-1-3-5-6;2-1-3;/h2-5H,(H,8,9);;. The van der Waals surface area contributed by atoms with Gasteiger partial charge in [-0.15, -0.1) is 0 Å². The molecule has 0 spiro atoms. The average Bonchev–Trinajstić information content (AvgIpc) is 2.04. The Morgan fingerprint density at radius 1 is 1.38 bits per heavy atom. The van der Waals surface area contributed by atoms with Gasteiger partial charge in [0.15, 0.2) is 0 Å². The number of nitrogens with zero attached hydrogens (tertiary/aromatic N) is 1. The molecule has 0 amide bonds. The second kappa shape index (κ2) is 4.09. The number of hydrogen-bond donors (Lipinski definition) is 1. The van der Waals surface area contributed by atoms with Gasteiger partial charge in [0.25, 0.3) is 0 Å². The average molecular weight is 233 g/mol. The molecule has 0 fully saturated rings. The van der Waals surface area contributed by atoms with Crippen LogP contribution in [-0.4, -0.2) is 14.7 Å². The Kier molecular flexibility index (Phi) is 3.09. The minimum absolute atomic E-state index is 0.162. The van der Waals surface area contributed by atoms with Crippen molar-refractivity contribution in [2.75, 3.05) is 0 Å². The summed E-state index contributed by atoms with van der Waals surface area (Å²) in [6, 6.07) is 5.83. The molecule has 64 valence electrons. The Hall–Kier alpha value is -1.29. The first-order valence-corrected chi connectivity index (χ1v) is 6.34. The number of aromatic carboxylic acids is 1. The molecule has 0 aliphatic heterocycles. The SMILES string of the molecule is O=C(O)c1cc[c]([Zn][N+](=O)[O-])cc1. The van der Waals surface area contributed by atoms with Crippen LogP contribution in [0.4, 0.5) is 0 Å². The summed E-state index contributed by atoms with van der Waals surface area (Å²) >= 11 is -1.91. The summed E-state index contributed by atoms with van der Waals surface area (Å²) in [4.78, 5) is 20.6. The Morgan fingerprint density at radius 2 is 1.92 bits per heavy atom. The molecule has 0 saturated carbocycles. The molecule has 0 unspecified atom stereocenters. The molecule has 1 aromatic rings. The van der Waals surface area contributed by atoms with E-state index in [1.807, 2.05) is 0 Å². The molecule has 13 heavy (non-hydrogen) atoms. The second-order valence-electron chi connectivity index (χ2n) is 2.49. The third kappa shape index (κ3) is 2.91. The summed E-state index contributed by atoms with van der Waals surface area (Å²) in [5.41, 5.74) is 0.162. The van der Waals surface area contributed by atoms with Gasteiger partial charge >= 0.3 is 81.0 Å². The van der Waals surface area contributed by atoms with Crippen molar-refractivity contribution < 1.29 is 30.9 Å². The van der Waals surface area contributed by atoms with Crippen molar-refractivity contribution in [2.45, 2.75) is 0 Å². The van der Waals surface area contributed by atoms with Gasteiger partial charge in [-0.05, 0) is 0 Å². The second-order valence-corrected chi connectivity index (χ2v) is 5.95. The third-order valence-electron chi connectivity index (χ3n) is 1.51. The summed E-state index contributed by atoms with van der Waals surface area (Å²) < 4.78 is 0.408. The normalized spacial score (nSPS) is 8.92. The fourth-order valence-electron chi connectivity index (χ4n) is 0.902. The Bertz CT molecular complexity index is 335. The predicted octanol–water partition coefficient (Wildman–Crippen LogP) is 0.284. The van der Waals surface area contributed by atoms with E-state index in [1.165, 1.54) is 24.3 Å². The summed E-state index contributed by atoms with van der Waals surface area (Å²) in [5.74, 6) is -1.01. The van der Waals surface area contributed by atoms with E-state index in [9.17, 15) is 14.9 Å². The molecule has 1 aromatic carbocycles. The van der Waals surface area contributed by atoms with Gasteiger partial charge in [-0.2, -0.15) is 0 Å². The molecule has 0 bridgehead atoms. The van der Waals surface area contributed by atoms with E-state index in [2.05, 4.69) is 0 Å². The molecule has 0 heterocycles. The number of rotatable bonds is 3. The van der Waals surface area contributed by atoms with Crippen LogP contribution in [0, 0.1) is 10.1 Å². The van der Waals surface area contributed by atoms with Gasteiger partial charge < -0.3 is 0 Å². The molecule has 1 N–H and O–H groups in total. The van der Waals surface area contributed by atoms with E-state index < -0.39 is 23.3 Å². The molecular formula is C7H5NO4Zn. The molecule has 0 radical (unpaired) electrons. The topological polar surface area (TPSA) is 80.4 Å². The molecule has 0 aliphatic rings. The molecule has 0 atom stereocenters. The molecule has 0 aromatic heterocycles. The number of nitro groups is 1. The van der Waals surface area contributed by atoms with Crippen LogP contribution in [0.2, 0.25) is 0 Å². The van der Waals surface area contributed by atoms with Crippen molar-refractivity contribution in [3.05, 3.63) is 39.9 Å². The van der Waals surface area contributed by atoms with Gasteiger partial charge in [-0.1, -0.05) is 0 Å². The van der Waals surface area contributed by atoms with E-state index in [0.29, 0.717) is 4.16 Å². The summed E-state index contributed by atoms with van der Waals surface area (Å²) in [6.45, 7) is 0. The number of carboxylic acids is 1. The van der Waals surface area contributed by atoms with Gasteiger partial charge in [-0.25, -0.2) is 0 Å². The van der Waals surface area contributed by atoms with Crippen LogP contribution < -0.4 is 4.16 Å². The molecule has 0 saturated heterocycles. The van der Waals surface area contributed by atoms with E-state index in [1.54, 1.807) is 0 Å². The maximum absolute atomic E-state index is 10.4. The zero-order valence-electron chi connectivity index (χ0n) is 6.64. The monoisotopic (exact) mass is 231 g/mol. The van der Waals surface area contributed by atoms with Crippen LogP contribution in [-0.2, 0) is 17.4 Å². The first-order chi connectivity index (χ1) is 6.09. The van der Waals surface area contributed by atoms with E-state index in [4.69, 9.17) is 5.11 Å². The molecule has 5 nitrogen and oxygen atoms in total. The summed E-state index contributed by atoms with van der Waals surface area (Å²) in [6.07, 6.45) is 0. The fraction of sp³-hybridized carbons (Fsp3) is 0. The van der Waals surface area contributed by atoms with Gasteiger partial charge in [0.05, 0.1) is 0 Å². The van der Waals surface area contributed by atoms with Crippen molar-refractivity contribution in [1.82, 2.24) is 0 Å². The van der Waals surface area contributed by atoms with Crippen LogP contribution in [0.25, 0.3) is 0 Å². The van der Waals surface area contributed by atoms with E-state index >= 15 is 0 Å². The van der Waals surface area contributed by atoms with Crippen LogP contribution >= 0.6 is 0 Å². The van der Waals surface area contributed by atoms with Crippen molar-refractivity contribution in [3.8, 4) is 0 Å². The first kappa shape index (κ1) is 9.80. The quantitative estimate of drug-likeness (QED) is 0.461. The molecule has 6 heteroatoms. The van der Waals surface area contributed by atoms with Crippen molar-refractivity contribution in [1.29, 1.82) is 0 Å². The van der Waals surface area contributed by atoms with E-state index in [-0.39, 0.29) is 9.23 Å². The number of carboxylic acid groups (broad SMARTS) is 1. The first-order valence-electron chi connectivity index (χ1n) is 3.53. The molecule has 1 rings (SSSR count). The van der Waals surface area contributed by atoms with Crippen LogP contribution in [0.5, 0.6) is 0 Å². The maximum atomic E-state index is 10.4. The zero-order valence-corrected chi connectivity index (χ0v) is 9.60. The van der Waals surface area contributed by atoms with Gasteiger partial charge in [0.2, 0.25) is 0 Å². The van der Waals surface area contributed by atoms with Gasteiger partial charge in [0.1, 0.15) is 0 Å². The Labute approximate surface area is 81.4 Å². The predicted molar refractivity (Wildman–Crippen MR) is 40.0 cm³/mol. The molecule has 0 aliphatic carbocycles. The number of hydrogen-bond acceptors (Lipinski definition) is 3. The van der Waals surface area contributed by atoms with Crippen molar-refractivity contribution in [2.24, 2.45) is 0 Å². The van der Waals surface area contributed by atoms with E-state index in [0.717, 1.165) is 0 Å².